The number of nitrogens with one attached hydrogen (secondary N) is 1. The molecule has 0 saturated heterocycles. The molecule has 17 heavy (non-hydrogen) atoms. The highest BCUT2D eigenvalue weighted by Crippen LogP contribution is 2.14. The SMILES string of the molecule is CC.CC1=CNC(c2ccc(Cl)cc2)=NC1C. The van der Waals surface area contributed by atoms with Crippen LogP contribution in [-0.2, 0) is 0 Å². The molecule has 1 unspecified atom stereocenters. The fourth-order valence-electron chi connectivity index (χ4n) is 1.40. The molecule has 2 rings (SSSR count). The van der Waals surface area contributed by atoms with Crippen molar-refractivity contribution in [3.05, 3.63) is 46.6 Å². The Balaban J connectivity index is 0.000000686. The van der Waals surface area contributed by atoms with Crippen LogP contribution in [0.5, 0.6) is 0 Å². The van der Waals surface area contributed by atoms with Crippen molar-refractivity contribution in [1.29, 1.82) is 0 Å². The largest absolute Gasteiger partial charge is 0.346 e. The second kappa shape index (κ2) is 6.45. The molecule has 0 amide bonds. The summed E-state index contributed by atoms with van der Waals surface area (Å²) in [5, 5.41) is 3.93. The molecule has 92 valence electrons. The van der Waals surface area contributed by atoms with E-state index in [9.17, 15) is 0 Å². The average Bonchev–Trinajstić information content (AvgIpc) is 2.36. The fourth-order valence-corrected chi connectivity index (χ4v) is 1.53. The lowest BCUT2D eigenvalue weighted by molar-refractivity contribution is 0.823. The lowest BCUT2D eigenvalue weighted by atomic mass is 10.1. The summed E-state index contributed by atoms with van der Waals surface area (Å²) in [4.78, 5) is 4.56. The van der Waals surface area contributed by atoms with Gasteiger partial charge in [-0.25, -0.2) is 0 Å². The molecular formula is C14H19ClN2. The number of nitrogens with zero attached hydrogens (tertiary/aromatic N) is 1. The quantitative estimate of drug-likeness (QED) is 0.800. The number of rotatable bonds is 1. The second-order valence-corrected chi connectivity index (χ2v) is 4.13. The van der Waals surface area contributed by atoms with E-state index < -0.39 is 0 Å². The van der Waals surface area contributed by atoms with Crippen LogP contribution in [0.2, 0.25) is 5.02 Å². The zero-order valence-electron chi connectivity index (χ0n) is 10.8. The van der Waals surface area contributed by atoms with E-state index in [1.807, 2.05) is 44.3 Å². The smallest absolute Gasteiger partial charge is 0.132 e. The minimum absolute atomic E-state index is 0.247. The molecule has 3 heteroatoms. The van der Waals surface area contributed by atoms with E-state index >= 15 is 0 Å². The van der Waals surface area contributed by atoms with Crippen molar-refractivity contribution < 1.29 is 0 Å². The lowest BCUT2D eigenvalue weighted by Crippen LogP contribution is -2.26. The third kappa shape index (κ3) is 3.60. The molecular weight excluding hydrogens is 232 g/mol. The molecule has 0 spiro atoms. The van der Waals surface area contributed by atoms with Crippen LogP contribution in [0.1, 0.15) is 33.3 Å². The lowest BCUT2D eigenvalue weighted by Gasteiger charge is -2.18. The summed E-state index contributed by atoms with van der Waals surface area (Å²) >= 11 is 5.83. The molecule has 1 heterocycles. The fraction of sp³-hybridized carbons (Fsp3) is 0.357. The summed E-state index contributed by atoms with van der Waals surface area (Å²) < 4.78 is 0. The van der Waals surface area contributed by atoms with Crippen LogP contribution in [0.3, 0.4) is 0 Å². The predicted molar refractivity (Wildman–Crippen MR) is 75.7 cm³/mol. The summed E-state index contributed by atoms with van der Waals surface area (Å²) in [7, 11) is 0. The third-order valence-electron chi connectivity index (χ3n) is 2.54. The molecule has 0 bridgehead atoms. The van der Waals surface area contributed by atoms with Gasteiger partial charge >= 0.3 is 0 Å². The molecule has 0 aromatic heterocycles. The van der Waals surface area contributed by atoms with E-state index in [2.05, 4.69) is 24.2 Å². The topological polar surface area (TPSA) is 24.4 Å². The van der Waals surface area contributed by atoms with Gasteiger partial charge in [0, 0.05) is 16.8 Å². The summed E-state index contributed by atoms with van der Waals surface area (Å²) in [6.07, 6.45) is 2.00. The van der Waals surface area contributed by atoms with Crippen LogP contribution < -0.4 is 5.32 Å². The Kier molecular flexibility index (Phi) is 5.23. The maximum absolute atomic E-state index is 5.83. The van der Waals surface area contributed by atoms with Crippen LogP contribution >= 0.6 is 11.6 Å². The first-order chi connectivity index (χ1) is 8.16. The Labute approximate surface area is 108 Å². The predicted octanol–water partition coefficient (Wildman–Crippen LogP) is 4.01. The highest BCUT2D eigenvalue weighted by atomic mass is 35.5. The number of halogens is 1. The van der Waals surface area contributed by atoms with Gasteiger partial charge in [0.15, 0.2) is 0 Å². The van der Waals surface area contributed by atoms with Crippen molar-refractivity contribution >= 4 is 17.4 Å². The molecule has 0 saturated carbocycles. The zero-order chi connectivity index (χ0) is 12.8. The summed E-state index contributed by atoms with van der Waals surface area (Å²) in [5.74, 6) is 0.907. The van der Waals surface area contributed by atoms with Crippen LogP contribution in [-0.4, -0.2) is 11.9 Å². The number of hydrogen-bond acceptors (Lipinski definition) is 2. The Morgan fingerprint density at radius 3 is 2.29 bits per heavy atom. The Hall–Kier alpha value is -1.28. The monoisotopic (exact) mass is 250 g/mol. The summed E-state index contributed by atoms with van der Waals surface area (Å²) in [5.41, 5.74) is 2.31. The molecule has 1 aromatic rings. The van der Waals surface area contributed by atoms with Gasteiger partial charge in [0.1, 0.15) is 5.84 Å². The molecule has 1 N–H and O–H groups in total. The van der Waals surface area contributed by atoms with E-state index in [0.717, 1.165) is 16.4 Å². The first-order valence-electron chi connectivity index (χ1n) is 5.94. The molecule has 1 aliphatic heterocycles. The van der Waals surface area contributed by atoms with E-state index in [1.54, 1.807) is 0 Å². The van der Waals surface area contributed by atoms with Crippen LogP contribution in [0.25, 0.3) is 0 Å². The van der Waals surface area contributed by atoms with Crippen molar-refractivity contribution in [2.45, 2.75) is 33.7 Å². The highest BCUT2D eigenvalue weighted by Gasteiger charge is 2.11. The number of amidine groups is 1. The van der Waals surface area contributed by atoms with Gasteiger partial charge in [0.25, 0.3) is 0 Å². The van der Waals surface area contributed by atoms with Gasteiger partial charge < -0.3 is 5.32 Å². The van der Waals surface area contributed by atoms with Crippen molar-refractivity contribution in [3.63, 3.8) is 0 Å². The highest BCUT2D eigenvalue weighted by molar-refractivity contribution is 6.30. The van der Waals surface area contributed by atoms with Crippen molar-refractivity contribution in [2.24, 2.45) is 4.99 Å². The summed E-state index contributed by atoms with van der Waals surface area (Å²) in [6.45, 7) is 8.16. The van der Waals surface area contributed by atoms with Gasteiger partial charge in [0.2, 0.25) is 0 Å². The standard InChI is InChI=1S/C12H13ClN2.C2H6/c1-8-7-14-12(15-9(8)2)10-3-5-11(13)6-4-10;1-2/h3-7,9H,1-2H3,(H,14,15);1-2H3. The van der Waals surface area contributed by atoms with Crippen LogP contribution in [0, 0.1) is 0 Å². The van der Waals surface area contributed by atoms with Crippen LogP contribution in [0.4, 0.5) is 0 Å². The van der Waals surface area contributed by atoms with Crippen LogP contribution in [0.15, 0.2) is 41.0 Å². The van der Waals surface area contributed by atoms with Crippen molar-refractivity contribution in [1.82, 2.24) is 5.32 Å². The second-order valence-electron chi connectivity index (χ2n) is 3.69. The molecule has 0 radical (unpaired) electrons. The average molecular weight is 251 g/mol. The Bertz CT molecular complexity index is 418. The maximum atomic E-state index is 5.83. The van der Waals surface area contributed by atoms with Crippen molar-refractivity contribution in [2.75, 3.05) is 0 Å². The molecule has 2 nitrogen and oxygen atoms in total. The van der Waals surface area contributed by atoms with E-state index in [-0.39, 0.29) is 6.04 Å². The third-order valence-corrected chi connectivity index (χ3v) is 2.79. The van der Waals surface area contributed by atoms with Gasteiger partial charge in [-0.15, -0.1) is 0 Å². The Morgan fingerprint density at radius 2 is 1.76 bits per heavy atom. The van der Waals surface area contributed by atoms with Gasteiger partial charge in [-0.3, -0.25) is 4.99 Å². The first kappa shape index (κ1) is 13.8. The normalized spacial score (nSPS) is 18.3. The Morgan fingerprint density at radius 1 is 1.18 bits per heavy atom. The zero-order valence-corrected chi connectivity index (χ0v) is 11.5. The number of hydrogen-bond donors (Lipinski definition) is 1. The van der Waals surface area contributed by atoms with Crippen molar-refractivity contribution in [3.8, 4) is 0 Å². The molecule has 0 fully saturated rings. The molecule has 1 atom stereocenters. The van der Waals surface area contributed by atoms with Gasteiger partial charge in [-0.05, 0) is 43.7 Å². The van der Waals surface area contributed by atoms with E-state index in [4.69, 9.17) is 11.6 Å². The minimum atomic E-state index is 0.247. The molecule has 0 aliphatic carbocycles. The minimum Gasteiger partial charge on any atom is -0.346 e. The van der Waals surface area contributed by atoms with E-state index in [0.29, 0.717) is 0 Å². The first-order valence-corrected chi connectivity index (χ1v) is 6.31. The maximum Gasteiger partial charge on any atom is 0.132 e. The summed E-state index contributed by atoms with van der Waals surface area (Å²) in [6, 6.07) is 7.93. The molecule has 1 aromatic carbocycles. The number of benzene rings is 1. The van der Waals surface area contributed by atoms with Gasteiger partial charge in [0.05, 0.1) is 6.04 Å². The van der Waals surface area contributed by atoms with E-state index in [1.165, 1.54) is 5.57 Å². The molecule has 1 aliphatic rings. The van der Waals surface area contributed by atoms with Gasteiger partial charge in [-0.1, -0.05) is 25.4 Å². The number of aliphatic imine (C=N–C) groups is 1. The van der Waals surface area contributed by atoms with Gasteiger partial charge in [-0.2, -0.15) is 0 Å².